The number of hydrogen-bond acceptors (Lipinski definition) is 3. The average Bonchev–Trinajstić information content (AvgIpc) is 2.90. The highest BCUT2D eigenvalue weighted by Gasteiger charge is 2.08. The summed E-state index contributed by atoms with van der Waals surface area (Å²) in [5, 5.41) is 8.90. The zero-order valence-electron chi connectivity index (χ0n) is 10.8. The molecule has 19 heavy (non-hydrogen) atoms. The van der Waals surface area contributed by atoms with Gasteiger partial charge in [0.1, 0.15) is 10.6 Å². The van der Waals surface area contributed by atoms with Gasteiger partial charge in [0.05, 0.1) is 6.61 Å². The number of hydrogen-bond donors (Lipinski definition) is 1. The Bertz CT molecular complexity index is 543. The molecule has 0 aliphatic rings. The van der Waals surface area contributed by atoms with E-state index in [2.05, 4.69) is 6.92 Å². The van der Waals surface area contributed by atoms with Crippen molar-refractivity contribution in [3.8, 4) is 16.2 Å². The molecule has 1 aromatic heterocycles. The van der Waals surface area contributed by atoms with Gasteiger partial charge < -0.3 is 9.84 Å². The van der Waals surface area contributed by atoms with Gasteiger partial charge in [0.2, 0.25) is 0 Å². The molecule has 0 aliphatic heterocycles. The first-order valence-electron chi connectivity index (χ1n) is 6.27. The van der Waals surface area contributed by atoms with Crippen molar-refractivity contribution in [2.45, 2.75) is 19.8 Å². The first-order chi connectivity index (χ1) is 9.20. The molecule has 3 nitrogen and oxygen atoms in total. The molecule has 2 aromatic rings. The summed E-state index contributed by atoms with van der Waals surface area (Å²) in [6, 6.07) is 11.2. The van der Waals surface area contributed by atoms with E-state index in [1.165, 1.54) is 11.3 Å². The maximum Gasteiger partial charge on any atom is 0.345 e. The lowest BCUT2D eigenvalue weighted by molar-refractivity contribution is 0.0702. The largest absolute Gasteiger partial charge is 0.494 e. The zero-order chi connectivity index (χ0) is 13.7. The summed E-state index contributed by atoms with van der Waals surface area (Å²) >= 11 is 1.28. The normalized spacial score (nSPS) is 10.4. The van der Waals surface area contributed by atoms with Gasteiger partial charge in [-0.3, -0.25) is 0 Å². The number of carboxylic acid groups (broad SMARTS) is 1. The molecule has 4 heteroatoms. The molecule has 1 aromatic carbocycles. The van der Waals surface area contributed by atoms with E-state index in [1.807, 2.05) is 30.3 Å². The van der Waals surface area contributed by atoms with Crippen LogP contribution in [0.25, 0.3) is 10.4 Å². The average molecular weight is 276 g/mol. The van der Waals surface area contributed by atoms with E-state index in [1.54, 1.807) is 6.07 Å². The number of carboxylic acids is 1. The second kappa shape index (κ2) is 6.38. The summed E-state index contributed by atoms with van der Waals surface area (Å²) < 4.78 is 5.59. The Hall–Kier alpha value is -1.81. The predicted octanol–water partition coefficient (Wildman–Crippen LogP) is 4.29. The smallest absolute Gasteiger partial charge is 0.345 e. The molecular weight excluding hydrogens is 260 g/mol. The van der Waals surface area contributed by atoms with Crippen LogP contribution in [0.3, 0.4) is 0 Å². The molecular formula is C15H16O3S. The maximum absolute atomic E-state index is 10.8. The third-order valence-electron chi connectivity index (χ3n) is 2.72. The molecule has 0 amide bonds. The van der Waals surface area contributed by atoms with Gasteiger partial charge in [-0.15, -0.1) is 11.3 Å². The summed E-state index contributed by atoms with van der Waals surface area (Å²) in [5.41, 5.74) is 1.01. The lowest BCUT2D eigenvalue weighted by atomic mass is 10.2. The van der Waals surface area contributed by atoms with Gasteiger partial charge in [-0.05, 0) is 48.4 Å². The molecule has 2 rings (SSSR count). The van der Waals surface area contributed by atoms with Gasteiger partial charge >= 0.3 is 5.97 Å². The van der Waals surface area contributed by atoms with Gasteiger partial charge in [0.25, 0.3) is 0 Å². The van der Waals surface area contributed by atoms with Gasteiger partial charge in [-0.1, -0.05) is 13.3 Å². The maximum atomic E-state index is 10.8. The number of carbonyl (C=O) groups is 1. The Balaban J connectivity index is 2.06. The molecule has 0 bridgehead atoms. The van der Waals surface area contributed by atoms with Crippen LogP contribution in [0.5, 0.6) is 5.75 Å². The zero-order valence-corrected chi connectivity index (χ0v) is 11.6. The van der Waals surface area contributed by atoms with Crippen molar-refractivity contribution in [1.29, 1.82) is 0 Å². The SMILES string of the molecule is CCCCOc1ccc(-c2ccc(C(=O)O)s2)cc1. The summed E-state index contributed by atoms with van der Waals surface area (Å²) in [6.07, 6.45) is 2.17. The third-order valence-corrected chi connectivity index (χ3v) is 3.84. The van der Waals surface area contributed by atoms with Crippen molar-refractivity contribution >= 4 is 17.3 Å². The van der Waals surface area contributed by atoms with Crippen molar-refractivity contribution < 1.29 is 14.6 Å². The van der Waals surface area contributed by atoms with Crippen LogP contribution in [0, 0.1) is 0 Å². The second-order valence-electron chi connectivity index (χ2n) is 4.20. The van der Waals surface area contributed by atoms with Gasteiger partial charge in [0, 0.05) is 4.88 Å². The second-order valence-corrected chi connectivity index (χ2v) is 5.28. The molecule has 0 atom stereocenters. The number of thiophene rings is 1. The Morgan fingerprint density at radius 2 is 1.95 bits per heavy atom. The van der Waals surface area contributed by atoms with Crippen LogP contribution in [0.1, 0.15) is 29.4 Å². The van der Waals surface area contributed by atoms with Crippen molar-refractivity contribution in [2.75, 3.05) is 6.61 Å². The fourth-order valence-electron chi connectivity index (χ4n) is 1.66. The van der Waals surface area contributed by atoms with Crippen molar-refractivity contribution in [3.63, 3.8) is 0 Å². The Morgan fingerprint density at radius 3 is 2.53 bits per heavy atom. The Kier molecular flexibility index (Phi) is 4.58. The summed E-state index contributed by atoms with van der Waals surface area (Å²) in [5.74, 6) is -0.0250. The lowest BCUT2D eigenvalue weighted by Crippen LogP contribution is -1.95. The fraction of sp³-hybridized carbons (Fsp3) is 0.267. The summed E-state index contributed by atoms with van der Waals surface area (Å²) in [4.78, 5) is 12.2. The van der Waals surface area contributed by atoms with Crippen molar-refractivity contribution in [1.82, 2.24) is 0 Å². The molecule has 100 valence electrons. The quantitative estimate of drug-likeness (QED) is 0.800. The molecule has 0 spiro atoms. The highest BCUT2D eigenvalue weighted by atomic mass is 32.1. The van der Waals surface area contributed by atoms with Crippen LogP contribution in [0.4, 0.5) is 0 Å². The first kappa shape index (κ1) is 13.6. The monoisotopic (exact) mass is 276 g/mol. The van der Waals surface area contributed by atoms with Crippen LogP contribution >= 0.6 is 11.3 Å². The van der Waals surface area contributed by atoms with E-state index in [0.717, 1.165) is 35.6 Å². The van der Waals surface area contributed by atoms with Crippen LogP contribution < -0.4 is 4.74 Å². The Morgan fingerprint density at radius 1 is 1.21 bits per heavy atom. The van der Waals surface area contributed by atoms with Crippen LogP contribution in [0.15, 0.2) is 36.4 Å². The van der Waals surface area contributed by atoms with E-state index in [-0.39, 0.29) is 0 Å². The number of benzene rings is 1. The molecule has 1 N–H and O–H groups in total. The van der Waals surface area contributed by atoms with Crippen molar-refractivity contribution in [2.24, 2.45) is 0 Å². The standard InChI is InChI=1S/C15H16O3S/c1-2-3-10-18-12-6-4-11(5-7-12)13-8-9-14(19-13)15(16)17/h4-9H,2-3,10H2,1H3,(H,16,17). The number of rotatable bonds is 6. The van der Waals surface area contributed by atoms with E-state index in [4.69, 9.17) is 9.84 Å². The van der Waals surface area contributed by atoms with E-state index in [9.17, 15) is 4.79 Å². The van der Waals surface area contributed by atoms with Gasteiger partial charge in [0.15, 0.2) is 0 Å². The minimum absolute atomic E-state index is 0.360. The number of unbranched alkanes of at least 4 members (excludes halogenated alkanes) is 1. The minimum Gasteiger partial charge on any atom is -0.494 e. The van der Waals surface area contributed by atoms with Gasteiger partial charge in [-0.25, -0.2) is 4.79 Å². The highest BCUT2D eigenvalue weighted by Crippen LogP contribution is 2.29. The summed E-state index contributed by atoms with van der Waals surface area (Å²) in [6.45, 7) is 2.86. The van der Waals surface area contributed by atoms with Crippen LogP contribution in [0.2, 0.25) is 0 Å². The molecule has 0 saturated carbocycles. The summed E-state index contributed by atoms with van der Waals surface area (Å²) in [7, 11) is 0. The minimum atomic E-state index is -0.879. The molecule has 0 saturated heterocycles. The molecule has 0 aliphatic carbocycles. The van der Waals surface area contributed by atoms with Crippen molar-refractivity contribution in [3.05, 3.63) is 41.3 Å². The first-order valence-corrected chi connectivity index (χ1v) is 7.08. The van der Waals surface area contributed by atoms with E-state index >= 15 is 0 Å². The number of ether oxygens (including phenoxy) is 1. The molecule has 0 radical (unpaired) electrons. The highest BCUT2D eigenvalue weighted by molar-refractivity contribution is 7.17. The van der Waals surface area contributed by atoms with Gasteiger partial charge in [-0.2, -0.15) is 0 Å². The molecule has 1 heterocycles. The molecule has 0 unspecified atom stereocenters. The van der Waals surface area contributed by atoms with E-state index in [0.29, 0.717) is 4.88 Å². The van der Waals surface area contributed by atoms with Crippen LogP contribution in [-0.2, 0) is 0 Å². The topological polar surface area (TPSA) is 46.5 Å². The lowest BCUT2D eigenvalue weighted by Gasteiger charge is -2.05. The fourth-order valence-corrected chi connectivity index (χ4v) is 2.51. The Labute approximate surface area is 116 Å². The van der Waals surface area contributed by atoms with E-state index < -0.39 is 5.97 Å². The number of aromatic carboxylic acids is 1. The predicted molar refractivity (Wildman–Crippen MR) is 77.1 cm³/mol. The van der Waals surface area contributed by atoms with Crippen LogP contribution in [-0.4, -0.2) is 17.7 Å². The third kappa shape index (κ3) is 3.58. The molecule has 0 fully saturated rings.